The first-order valence-electron chi connectivity index (χ1n) is 9.34. The van der Waals surface area contributed by atoms with Crippen LogP contribution in [-0.2, 0) is 4.79 Å². The number of alkyl halides is 3. The van der Waals surface area contributed by atoms with Crippen LogP contribution < -0.4 is 14.8 Å². The Bertz CT molecular complexity index is 926. The number of nitrogens with one attached hydrogen (secondary N) is 1. The second-order valence-corrected chi connectivity index (χ2v) is 7.11. The monoisotopic (exact) mass is 419 g/mol. The molecular formula is C21H20F3N3O3. The van der Waals surface area contributed by atoms with Gasteiger partial charge in [0.1, 0.15) is 11.5 Å². The van der Waals surface area contributed by atoms with Crippen molar-refractivity contribution in [3.63, 3.8) is 0 Å². The van der Waals surface area contributed by atoms with Gasteiger partial charge in [-0.2, -0.15) is 18.4 Å². The van der Waals surface area contributed by atoms with Crippen LogP contribution in [0.25, 0.3) is 0 Å². The fourth-order valence-corrected chi connectivity index (χ4v) is 2.90. The molecule has 0 bridgehead atoms. The summed E-state index contributed by atoms with van der Waals surface area (Å²) < 4.78 is 46.8. The third-order valence-electron chi connectivity index (χ3n) is 4.65. The van der Waals surface area contributed by atoms with E-state index in [1.54, 1.807) is 31.2 Å². The first-order valence-corrected chi connectivity index (χ1v) is 9.34. The number of ether oxygens (including phenoxy) is 2. The topological polar surface area (TPSA) is 84.2 Å². The minimum absolute atomic E-state index is 0.00877. The van der Waals surface area contributed by atoms with Crippen molar-refractivity contribution in [2.45, 2.75) is 25.6 Å². The van der Waals surface area contributed by atoms with Gasteiger partial charge in [-0.15, -0.1) is 0 Å². The number of rotatable bonds is 8. The fourth-order valence-electron chi connectivity index (χ4n) is 2.90. The van der Waals surface area contributed by atoms with Crippen LogP contribution in [0.15, 0.2) is 42.6 Å². The van der Waals surface area contributed by atoms with Crippen molar-refractivity contribution in [2.75, 3.05) is 13.2 Å². The summed E-state index contributed by atoms with van der Waals surface area (Å²) in [7, 11) is 0. The largest absolute Gasteiger partial charge is 0.493 e. The maximum atomic E-state index is 12.4. The van der Waals surface area contributed by atoms with Crippen LogP contribution in [0.2, 0.25) is 0 Å². The van der Waals surface area contributed by atoms with Gasteiger partial charge in [-0.1, -0.05) is 6.07 Å². The van der Waals surface area contributed by atoms with Gasteiger partial charge in [-0.3, -0.25) is 9.78 Å². The predicted molar refractivity (Wildman–Crippen MR) is 101 cm³/mol. The third kappa shape index (κ3) is 6.11. The van der Waals surface area contributed by atoms with Crippen LogP contribution in [0.4, 0.5) is 13.2 Å². The second-order valence-electron chi connectivity index (χ2n) is 7.11. The van der Waals surface area contributed by atoms with Crippen molar-refractivity contribution >= 4 is 5.91 Å². The molecular weight excluding hydrogens is 399 g/mol. The summed E-state index contributed by atoms with van der Waals surface area (Å²) in [5.74, 6) is 0.399. The number of nitrogens with zero attached hydrogens (tertiary/aromatic N) is 2. The lowest BCUT2D eigenvalue weighted by atomic mass is 10.2. The van der Waals surface area contributed by atoms with Crippen LogP contribution in [0.3, 0.4) is 0 Å². The standard InChI is InChI=1S/C21H20F3N3O3/c1-13(19-6-5-17(10-26-19)30-12-21(22,23)24)27-20(28)18-8-15(18)11-29-16-4-2-3-14(7-16)9-25/h2-7,10,13,15,18H,8,11-12H2,1H3,(H,27,28)/t13?,15-,18+/m1/s1. The maximum Gasteiger partial charge on any atom is 0.422 e. The molecule has 158 valence electrons. The Morgan fingerprint density at radius 2 is 2.10 bits per heavy atom. The maximum absolute atomic E-state index is 12.4. The first kappa shape index (κ1) is 21.4. The smallest absolute Gasteiger partial charge is 0.422 e. The quantitative estimate of drug-likeness (QED) is 0.704. The number of carbonyl (C=O) groups excluding carboxylic acids is 1. The minimum Gasteiger partial charge on any atom is -0.493 e. The third-order valence-corrected chi connectivity index (χ3v) is 4.65. The Hall–Kier alpha value is -3.28. The van der Waals surface area contributed by atoms with Gasteiger partial charge >= 0.3 is 6.18 Å². The molecule has 0 aliphatic heterocycles. The molecule has 0 radical (unpaired) electrons. The SMILES string of the molecule is CC(NC(=O)[C@H]1C[C@@H]1COc1cccc(C#N)c1)c1ccc(OCC(F)(F)F)cn1. The highest BCUT2D eigenvalue weighted by Gasteiger charge is 2.43. The van der Waals surface area contributed by atoms with E-state index in [4.69, 9.17) is 10.00 Å². The number of hydrogen-bond donors (Lipinski definition) is 1. The minimum atomic E-state index is -4.41. The van der Waals surface area contributed by atoms with Crippen molar-refractivity contribution < 1.29 is 27.4 Å². The molecule has 0 spiro atoms. The van der Waals surface area contributed by atoms with Crippen molar-refractivity contribution in [3.05, 3.63) is 53.9 Å². The molecule has 2 aromatic rings. The highest BCUT2D eigenvalue weighted by atomic mass is 19.4. The van der Waals surface area contributed by atoms with Crippen LogP contribution in [0, 0.1) is 23.2 Å². The number of halogens is 3. The number of amides is 1. The number of pyridine rings is 1. The van der Waals surface area contributed by atoms with E-state index in [0.29, 0.717) is 30.0 Å². The molecule has 1 aromatic carbocycles. The number of hydrogen-bond acceptors (Lipinski definition) is 5. The summed E-state index contributed by atoms with van der Waals surface area (Å²) >= 11 is 0. The highest BCUT2D eigenvalue weighted by Crippen LogP contribution is 2.39. The summed E-state index contributed by atoms with van der Waals surface area (Å²) in [5, 5.41) is 11.8. The second kappa shape index (κ2) is 9.03. The lowest BCUT2D eigenvalue weighted by Crippen LogP contribution is -2.29. The van der Waals surface area contributed by atoms with E-state index in [2.05, 4.69) is 15.0 Å². The molecule has 1 saturated carbocycles. The van der Waals surface area contributed by atoms with Crippen LogP contribution in [0.5, 0.6) is 11.5 Å². The summed E-state index contributed by atoms with van der Waals surface area (Å²) in [6.07, 6.45) is -2.51. The molecule has 30 heavy (non-hydrogen) atoms. The Balaban J connectivity index is 1.44. The van der Waals surface area contributed by atoms with E-state index < -0.39 is 18.8 Å². The van der Waals surface area contributed by atoms with E-state index in [1.165, 1.54) is 18.3 Å². The average molecular weight is 419 g/mol. The number of aromatic nitrogens is 1. The highest BCUT2D eigenvalue weighted by molar-refractivity contribution is 5.81. The Morgan fingerprint density at radius 3 is 2.77 bits per heavy atom. The van der Waals surface area contributed by atoms with Gasteiger partial charge in [0.05, 0.1) is 36.2 Å². The first-order chi connectivity index (χ1) is 14.2. The van der Waals surface area contributed by atoms with Crippen molar-refractivity contribution in [1.82, 2.24) is 10.3 Å². The van der Waals surface area contributed by atoms with Gasteiger partial charge < -0.3 is 14.8 Å². The molecule has 0 saturated heterocycles. The molecule has 1 N–H and O–H groups in total. The number of carbonyl (C=O) groups is 1. The molecule has 9 heteroatoms. The predicted octanol–water partition coefficient (Wildman–Crippen LogP) is 3.79. The summed E-state index contributed by atoms with van der Waals surface area (Å²) in [6.45, 7) is 0.745. The molecule has 1 aromatic heterocycles. The van der Waals surface area contributed by atoms with E-state index in [1.807, 2.05) is 6.07 Å². The number of nitriles is 1. The Morgan fingerprint density at radius 1 is 1.30 bits per heavy atom. The van der Waals surface area contributed by atoms with E-state index >= 15 is 0 Å². The van der Waals surface area contributed by atoms with Crippen LogP contribution in [-0.4, -0.2) is 30.3 Å². The zero-order chi connectivity index (χ0) is 21.7. The molecule has 1 aliphatic rings. The normalized spacial score (nSPS) is 18.8. The molecule has 6 nitrogen and oxygen atoms in total. The molecule has 3 rings (SSSR count). The molecule has 1 aliphatic carbocycles. The van der Waals surface area contributed by atoms with Gasteiger partial charge in [-0.05, 0) is 43.7 Å². The summed E-state index contributed by atoms with van der Waals surface area (Å²) in [5.41, 5.74) is 1.03. The molecule has 1 amide bonds. The van der Waals surface area contributed by atoms with E-state index in [-0.39, 0.29) is 23.5 Å². The lowest BCUT2D eigenvalue weighted by molar-refractivity contribution is -0.153. The van der Waals surface area contributed by atoms with Crippen molar-refractivity contribution in [3.8, 4) is 17.6 Å². The van der Waals surface area contributed by atoms with Gasteiger partial charge in [-0.25, -0.2) is 0 Å². The molecule has 1 heterocycles. The van der Waals surface area contributed by atoms with Gasteiger partial charge in [0.25, 0.3) is 0 Å². The summed E-state index contributed by atoms with van der Waals surface area (Å²) in [6, 6.07) is 11.4. The Labute approximate surface area is 171 Å². The summed E-state index contributed by atoms with van der Waals surface area (Å²) in [4.78, 5) is 16.5. The van der Waals surface area contributed by atoms with Gasteiger partial charge in [0, 0.05) is 11.8 Å². The van der Waals surface area contributed by atoms with Crippen LogP contribution >= 0.6 is 0 Å². The zero-order valence-corrected chi connectivity index (χ0v) is 16.1. The van der Waals surface area contributed by atoms with Crippen molar-refractivity contribution in [2.24, 2.45) is 11.8 Å². The fraction of sp³-hybridized carbons (Fsp3) is 0.381. The van der Waals surface area contributed by atoms with Crippen LogP contribution in [0.1, 0.15) is 30.6 Å². The zero-order valence-electron chi connectivity index (χ0n) is 16.1. The average Bonchev–Trinajstić information content (AvgIpc) is 3.50. The van der Waals surface area contributed by atoms with Gasteiger partial charge in [0.15, 0.2) is 6.61 Å². The lowest BCUT2D eigenvalue weighted by Gasteiger charge is -2.14. The van der Waals surface area contributed by atoms with Crippen molar-refractivity contribution in [1.29, 1.82) is 5.26 Å². The molecule has 1 unspecified atom stereocenters. The van der Waals surface area contributed by atoms with E-state index in [9.17, 15) is 18.0 Å². The van der Waals surface area contributed by atoms with E-state index in [0.717, 1.165) is 0 Å². The number of benzene rings is 1. The molecule has 3 atom stereocenters. The van der Waals surface area contributed by atoms with Gasteiger partial charge in [0.2, 0.25) is 5.91 Å². The molecule has 1 fully saturated rings. The Kier molecular flexibility index (Phi) is 6.45.